The minimum Gasteiger partial charge on any atom is -0.392 e. The molecule has 0 fully saturated rings. The van der Waals surface area contributed by atoms with Crippen LogP contribution in [-0.4, -0.2) is 35.2 Å². The van der Waals surface area contributed by atoms with Crippen molar-refractivity contribution in [1.82, 2.24) is 5.32 Å². The molecule has 5 heteroatoms. The van der Waals surface area contributed by atoms with Crippen molar-refractivity contribution in [3.8, 4) is 0 Å². The van der Waals surface area contributed by atoms with Crippen molar-refractivity contribution in [3.63, 3.8) is 0 Å². The van der Waals surface area contributed by atoms with E-state index in [0.717, 1.165) is 0 Å². The van der Waals surface area contributed by atoms with E-state index in [1.807, 2.05) is 0 Å². The molecule has 0 aliphatic carbocycles. The third kappa shape index (κ3) is 3.93. The number of carbonyl (C=O) groups is 2. The number of Topliss-reactive ketones (excluding diaryl/α,β-unsaturated/α-hetero) is 1. The Morgan fingerprint density at radius 3 is 2.43 bits per heavy atom. The SMILES string of the molecule is C/C=C(\CO)C(=O)C(CS)NC(C)=O. The molecular formula is C9H15NO3S. The summed E-state index contributed by atoms with van der Waals surface area (Å²) in [6.07, 6.45) is 1.53. The van der Waals surface area contributed by atoms with E-state index >= 15 is 0 Å². The molecule has 1 unspecified atom stereocenters. The molecule has 0 aromatic carbocycles. The third-order valence-corrected chi connectivity index (χ3v) is 2.08. The lowest BCUT2D eigenvalue weighted by molar-refractivity contribution is -0.124. The number of amides is 1. The predicted molar refractivity (Wildman–Crippen MR) is 57.3 cm³/mol. The molecule has 0 aliphatic rings. The van der Waals surface area contributed by atoms with Gasteiger partial charge < -0.3 is 10.4 Å². The van der Waals surface area contributed by atoms with Gasteiger partial charge in [0.25, 0.3) is 0 Å². The zero-order valence-electron chi connectivity index (χ0n) is 8.28. The van der Waals surface area contributed by atoms with Gasteiger partial charge in [-0.15, -0.1) is 0 Å². The fourth-order valence-corrected chi connectivity index (χ4v) is 1.23. The van der Waals surface area contributed by atoms with Crippen molar-refractivity contribution in [2.75, 3.05) is 12.4 Å². The van der Waals surface area contributed by atoms with Gasteiger partial charge in [0, 0.05) is 18.2 Å². The van der Waals surface area contributed by atoms with Crippen LogP contribution in [0, 0.1) is 0 Å². The maximum Gasteiger partial charge on any atom is 0.217 e. The molecule has 1 atom stereocenters. The standard InChI is InChI=1S/C9H15NO3S/c1-3-7(4-11)9(13)8(5-14)10-6(2)12/h3,8,11,14H,4-5H2,1-2H3,(H,10,12)/b7-3+. The highest BCUT2D eigenvalue weighted by atomic mass is 32.1. The molecule has 0 rings (SSSR count). The van der Waals surface area contributed by atoms with E-state index in [0.29, 0.717) is 0 Å². The summed E-state index contributed by atoms with van der Waals surface area (Å²) in [5.74, 6) is -0.360. The summed E-state index contributed by atoms with van der Waals surface area (Å²) in [4.78, 5) is 22.3. The minimum absolute atomic E-state index is 0.218. The summed E-state index contributed by atoms with van der Waals surface area (Å²) in [5, 5.41) is 11.3. The number of rotatable bonds is 5. The topological polar surface area (TPSA) is 66.4 Å². The van der Waals surface area contributed by atoms with Crippen LogP contribution in [0.2, 0.25) is 0 Å². The van der Waals surface area contributed by atoms with Gasteiger partial charge >= 0.3 is 0 Å². The Hall–Kier alpha value is -0.810. The molecule has 0 heterocycles. The quantitative estimate of drug-likeness (QED) is 0.446. The number of hydrogen-bond donors (Lipinski definition) is 3. The number of hydrogen-bond acceptors (Lipinski definition) is 4. The molecule has 0 saturated heterocycles. The first-order valence-electron chi connectivity index (χ1n) is 4.25. The molecule has 0 saturated carbocycles. The van der Waals surface area contributed by atoms with Crippen LogP contribution in [-0.2, 0) is 9.59 Å². The lowest BCUT2D eigenvalue weighted by Crippen LogP contribution is -2.42. The van der Waals surface area contributed by atoms with Crippen LogP contribution >= 0.6 is 12.6 Å². The molecule has 0 aromatic rings. The lowest BCUT2D eigenvalue weighted by atomic mass is 10.1. The summed E-state index contributed by atoms with van der Waals surface area (Å²) in [6, 6.07) is -0.658. The van der Waals surface area contributed by atoms with Crippen LogP contribution in [0.1, 0.15) is 13.8 Å². The van der Waals surface area contributed by atoms with Crippen molar-refractivity contribution in [2.24, 2.45) is 0 Å². The molecule has 0 radical (unpaired) electrons. The number of aliphatic hydroxyl groups excluding tert-OH is 1. The van der Waals surface area contributed by atoms with E-state index in [4.69, 9.17) is 5.11 Å². The highest BCUT2D eigenvalue weighted by Crippen LogP contribution is 2.01. The van der Waals surface area contributed by atoms with Crippen molar-refractivity contribution in [3.05, 3.63) is 11.6 Å². The zero-order valence-corrected chi connectivity index (χ0v) is 9.17. The second-order valence-corrected chi connectivity index (χ2v) is 3.14. The fourth-order valence-electron chi connectivity index (χ4n) is 0.975. The summed E-state index contributed by atoms with van der Waals surface area (Å²) in [5.41, 5.74) is 0.290. The number of nitrogens with one attached hydrogen (secondary N) is 1. The maximum absolute atomic E-state index is 11.6. The predicted octanol–water partition coefficient (Wildman–Crippen LogP) is -0.0714. The van der Waals surface area contributed by atoms with Crippen LogP contribution in [0.3, 0.4) is 0 Å². The highest BCUT2D eigenvalue weighted by Gasteiger charge is 2.20. The van der Waals surface area contributed by atoms with E-state index in [1.54, 1.807) is 6.92 Å². The zero-order chi connectivity index (χ0) is 11.1. The Morgan fingerprint density at radius 2 is 2.14 bits per heavy atom. The molecule has 14 heavy (non-hydrogen) atoms. The van der Waals surface area contributed by atoms with Crippen LogP contribution in [0.25, 0.3) is 0 Å². The number of aliphatic hydroxyl groups is 1. The number of carbonyl (C=O) groups excluding carboxylic acids is 2. The van der Waals surface area contributed by atoms with Crippen molar-refractivity contribution < 1.29 is 14.7 Å². The van der Waals surface area contributed by atoms with Gasteiger partial charge in [-0.05, 0) is 6.92 Å². The number of allylic oxidation sites excluding steroid dienone is 1. The van der Waals surface area contributed by atoms with Gasteiger partial charge in [0.1, 0.15) is 6.04 Å². The first kappa shape index (κ1) is 13.2. The van der Waals surface area contributed by atoms with Gasteiger partial charge in [-0.1, -0.05) is 6.08 Å². The van der Waals surface area contributed by atoms with Gasteiger partial charge in [-0.3, -0.25) is 9.59 Å². The van der Waals surface area contributed by atoms with Crippen LogP contribution in [0.15, 0.2) is 11.6 Å². The molecule has 0 aliphatic heterocycles. The van der Waals surface area contributed by atoms with E-state index in [-0.39, 0.29) is 29.6 Å². The molecule has 0 spiro atoms. The number of ketones is 1. The minimum atomic E-state index is -0.658. The Labute approximate surface area is 88.8 Å². The van der Waals surface area contributed by atoms with Gasteiger partial charge in [-0.2, -0.15) is 12.6 Å². The number of thiol groups is 1. The summed E-state index contributed by atoms with van der Waals surface area (Å²) in [7, 11) is 0. The molecular weight excluding hydrogens is 202 g/mol. The van der Waals surface area contributed by atoms with E-state index in [2.05, 4.69) is 17.9 Å². The van der Waals surface area contributed by atoms with E-state index in [9.17, 15) is 9.59 Å². The average molecular weight is 217 g/mol. The Bertz CT molecular complexity index is 250. The molecule has 0 bridgehead atoms. The largest absolute Gasteiger partial charge is 0.392 e. The van der Waals surface area contributed by atoms with E-state index < -0.39 is 6.04 Å². The molecule has 1 amide bonds. The smallest absolute Gasteiger partial charge is 0.217 e. The van der Waals surface area contributed by atoms with Gasteiger partial charge in [0.15, 0.2) is 5.78 Å². The maximum atomic E-state index is 11.6. The lowest BCUT2D eigenvalue weighted by Gasteiger charge is -2.14. The fraction of sp³-hybridized carbons (Fsp3) is 0.556. The highest BCUT2D eigenvalue weighted by molar-refractivity contribution is 7.80. The Kier molecular flexibility index (Phi) is 6.23. The molecule has 4 nitrogen and oxygen atoms in total. The summed E-state index contributed by atoms with van der Waals surface area (Å²) in [6.45, 7) is 2.67. The van der Waals surface area contributed by atoms with Gasteiger partial charge in [0.05, 0.1) is 6.61 Å². The normalized spacial score (nSPS) is 13.6. The van der Waals surface area contributed by atoms with Crippen LogP contribution in [0.5, 0.6) is 0 Å². The third-order valence-electron chi connectivity index (χ3n) is 1.71. The Balaban J connectivity index is 4.53. The molecule has 2 N–H and O–H groups in total. The first-order chi connectivity index (χ1) is 6.56. The summed E-state index contributed by atoms with van der Waals surface area (Å²) >= 11 is 3.96. The van der Waals surface area contributed by atoms with Crippen LogP contribution in [0.4, 0.5) is 0 Å². The first-order valence-corrected chi connectivity index (χ1v) is 4.88. The monoisotopic (exact) mass is 217 g/mol. The second kappa shape index (κ2) is 6.62. The Morgan fingerprint density at radius 1 is 1.57 bits per heavy atom. The second-order valence-electron chi connectivity index (χ2n) is 2.77. The average Bonchev–Trinajstić information content (AvgIpc) is 2.15. The van der Waals surface area contributed by atoms with Crippen molar-refractivity contribution in [2.45, 2.75) is 19.9 Å². The molecule has 80 valence electrons. The van der Waals surface area contributed by atoms with E-state index in [1.165, 1.54) is 13.0 Å². The van der Waals surface area contributed by atoms with Crippen LogP contribution < -0.4 is 5.32 Å². The molecule has 0 aromatic heterocycles. The van der Waals surface area contributed by atoms with Gasteiger partial charge in [-0.25, -0.2) is 0 Å². The van der Waals surface area contributed by atoms with Gasteiger partial charge in [0.2, 0.25) is 5.91 Å². The van der Waals surface area contributed by atoms with Crippen molar-refractivity contribution in [1.29, 1.82) is 0 Å². The summed E-state index contributed by atoms with van der Waals surface area (Å²) < 4.78 is 0. The van der Waals surface area contributed by atoms with Crippen molar-refractivity contribution >= 4 is 24.3 Å².